The fourth-order valence-corrected chi connectivity index (χ4v) is 2.12. The van der Waals surface area contributed by atoms with Gasteiger partial charge >= 0.3 is 0 Å². The zero-order chi connectivity index (χ0) is 13.1. The highest BCUT2D eigenvalue weighted by molar-refractivity contribution is 5.15. The lowest BCUT2D eigenvalue weighted by Gasteiger charge is -2.16. The van der Waals surface area contributed by atoms with Gasteiger partial charge in [0.15, 0.2) is 0 Å². The Bertz CT molecular complexity index is 512. The summed E-state index contributed by atoms with van der Waals surface area (Å²) in [6.07, 6.45) is 4.47. The molecular formula is C12H20N6. The number of hydrogen-bond acceptors (Lipinski definition) is 4. The third-order valence-corrected chi connectivity index (χ3v) is 3.10. The number of nitrogens with two attached hydrogens (primary N) is 1. The number of hydrogen-bond donors (Lipinski definition) is 2. The van der Waals surface area contributed by atoms with Crippen molar-refractivity contribution in [2.24, 2.45) is 12.9 Å². The van der Waals surface area contributed by atoms with E-state index in [-0.39, 0.29) is 6.04 Å². The molecule has 6 heteroatoms. The molecule has 2 heterocycles. The van der Waals surface area contributed by atoms with Gasteiger partial charge in [0.05, 0.1) is 17.4 Å². The topological polar surface area (TPSA) is 73.7 Å². The molecule has 2 aromatic heterocycles. The molecule has 0 bridgehead atoms. The van der Waals surface area contributed by atoms with Crippen LogP contribution in [-0.2, 0) is 20.0 Å². The minimum atomic E-state index is 0.0206. The fraction of sp³-hybridized carbons (Fsp3) is 0.500. The molecule has 0 fully saturated rings. The Labute approximate surface area is 107 Å². The Hall–Kier alpha value is -1.66. The largest absolute Gasteiger partial charge is 0.338 e. The van der Waals surface area contributed by atoms with Crippen molar-refractivity contribution in [3.63, 3.8) is 0 Å². The summed E-state index contributed by atoms with van der Waals surface area (Å²) in [5.74, 6) is 6.68. The standard InChI is InChI=1S/C12H20N6/c1-4-18-11(7-9(2)16-18)10(15-13)8-12-14-5-6-17(12)3/h5-7,10,15H,4,8,13H2,1-3H3. The fourth-order valence-electron chi connectivity index (χ4n) is 2.12. The Balaban J connectivity index is 2.25. The van der Waals surface area contributed by atoms with Crippen molar-refractivity contribution in [3.8, 4) is 0 Å². The monoisotopic (exact) mass is 248 g/mol. The molecule has 1 unspecified atom stereocenters. The maximum atomic E-state index is 5.68. The number of aryl methyl sites for hydroxylation is 3. The lowest BCUT2D eigenvalue weighted by molar-refractivity contribution is 0.477. The summed E-state index contributed by atoms with van der Waals surface area (Å²) in [4.78, 5) is 4.33. The van der Waals surface area contributed by atoms with Crippen LogP contribution < -0.4 is 11.3 Å². The van der Waals surface area contributed by atoms with Crippen molar-refractivity contribution in [1.29, 1.82) is 0 Å². The van der Waals surface area contributed by atoms with Crippen LogP contribution in [0.15, 0.2) is 18.5 Å². The van der Waals surface area contributed by atoms with E-state index in [1.165, 1.54) is 0 Å². The number of aromatic nitrogens is 4. The molecule has 1 atom stereocenters. The summed E-state index contributed by atoms with van der Waals surface area (Å²) in [5.41, 5.74) is 4.96. The van der Waals surface area contributed by atoms with E-state index in [2.05, 4.69) is 28.5 Å². The second-order valence-corrected chi connectivity index (χ2v) is 4.40. The number of imidazole rings is 1. The van der Waals surface area contributed by atoms with Gasteiger partial charge in [0.1, 0.15) is 5.82 Å². The molecule has 0 spiro atoms. The van der Waals surface area contributed by atoms with Gasteiger partial charge in [-0.25, -0.2) is 4.98 Å². The highest BCUT2D eigenvalue weighted by Crippen LogP contribution is 2.18. The quantitative estimate of drug-likeness (QED) is 0.603. The highest BCUT2D eigenvalue weighted by Gasteiger charge is 2.18. The third kappa shape index (κ3) is 2.44. The highest BCUT2D eigenvalue weighted by atomic mass is 15.3. The van der Waals surface area contributed by atoms with Crippen LogP contribution in [0.1, 0.15) is 30.2 Å². The van der Waals surface area contributed by atoms with Crippen LogP contribution in [0.5, 0.6) is 0 Å². The third-order valence-electron chi connectivity index (χ3n) is 3.10. The molecule has 98 valence electrons. The van der Waals surface area contributed by atoms with Crippen LogP contribution in [-0.4, -0.2) is 19.3 Å². The Kier molecular flexibility index (Phi) is 3.78. The van der Waals surface area contributed by atoms with E-state index in [1.807, 2.05) is 29.4 Å². The van der Waals surface area contributed by atoms with Gasteiger partial charge in [0.2, 0.25) is 0 Å². The van der Waals surface area contributed by atoms with Crippen LogP contribution in [0.2, 0.25) is 0 Å². The van der Waals surface area contributed by atoms with Crippen LogP contribution in [0.25, 0.3) is 0 Å². The Morgan fingerprint density at radius 1 is 1.50 bits per heavy atom. The second kappa shape index (κ2) is 5.32. The van der Waals surface area contributed by atoms with E-state index < -0.39 is 0 Å². The first kappa shape index (κ1) is 12.8. The molecule has 0 radical (unpaired) electrons. The number of hydrazine groups is 1. The van der Waals surface area contributed by atoms with Gasteiger partial charge in [-0.05, 0) is 19.9 Å². The van der Waals surface area contributed by atoms with Crippen molar-refractivity contribution in [3.05, 3.63) is 35.7 Å². The average Bonchev–Trinajstić information content (AvgIpc) is 2.92. The SMILES string of the molecule is CCn1nc(C)cc1C(Cc1nccn1C)NN. The first-order valence-electron chi connectivity index (χ1n) is 6.12. The van der Waals surface area contributed by atoms with Crippen molar-refractivity contribution >= 4 is 0 Å². The van der Waals surface area contributed by atoms with Crippen LogP contribution in [0, 0.1) is 6.92 Å². The maximum absolute atomic E-state index is 5.68. The normalized spacial score (nSPS) is 12.9. The van der Waals surface area contributed by atoms with Crippen LogP contribution >= 0.6 is 0 Å². The first-order valence-corrected chi connectivity index (χ1v) is 6.12. The predicted octanol–water partition coefficient (Wildman–Crippen LogP) is 0.692. The molecular weight excluding hydrogens is 228 g/mol. The summed E-state index contributed by atoms with van der Waals surface area (Å²) in [6, 6.07) is 2.09. The molecule has 18 heavy (non-hydrogen) atoms. The number of rotatable bonds is 5. The zero-order valence-electron chi connectivity index (χ0n) is 11.1. The molecule has 0 saturated heterocycles. The van der Waals surface area contributed by atoms with Gasteiger partial charge in [-0.1, -0.05) is 0 Å². The Morgan fingerprint density at radius 3 is 2.83 bits per heavy atom. The lowest BCUT2D eigenvalue weighted by Crippen LogP contribution is -2.32. The van der Waals surface area contributed by atoms with Crippen molar-refractivity contribution in [1.82, 2.24) is 24.8 Å². The minimum Gasteiger partial charge on any atom is -0.338 e. The Morgan fingerprint density at radius 2 is 2.28 bits per heavy atom. The van der Waals surface area contributed by atoms with E-state index in [0.717, 1.165) is 30.2 Å². The number of nitrogens with one attached hydrogen (secondary N) is 1. The number of nitrogens with zero attached hydrogens (tertiary/aromatic N) is 4. The molecule has 6 nitrogen and oxygen atoms in total. The van der Waals surface area contributed by atoms with Gasteiger partial charge in [-0.2, -0.15) is 5.10 Å². The first-order chi connectivity index (χ1) is 8.65. The van der Waals surface area contributed by atoms with Gasteiger partial charge < -0.3 is 4.57 Å². The molecule has 2 rings (SSSR count). The molecule has 0 aliphatic carbocycles. The molecule has 2 aromatic rings. The van der Waals surface area contributed by atoms with E-state index in [9.17, 15) is 0 Å². The molecule has 0 amide bonds. The summed E-state index contributed by atoms with van der Waals surface area (Å²) in [7, 11) is 1.98. The molecule has 0 saturated carbocycles. The predicted molar refractivity (Wildman–Crippen MR) is 69.6 cm³/mol. The van der Waals surface area contributed by atoms with Crippen molar-refractivity contribution < 1.29 is 0 Å². The smallest absolute Gasteiger partial charge is 0.110 e. The van der Waals surface area contributed by atoms with Gasteiger partial charge in [-0.3, -0.25) is 16.0 Å². The van der Waals surface area contributed by atoms with Crippen molar-refractivity contribution in [2.75, 3.05) is 0 Å². The van der Waals surface area contributed by atoms with E-state index in [4.69, 9.17) is 5.84 Å². The average molecular weight is 248 g/mol. The van der Waals surface area contributed by atoms with Crippen LogP contribution in [0.4, 0.5) is 0 Å². The minimum absolute atomic E-state index is 0.0206. The summed E-state index contributed by atoms with van der Waals surface area (Å²) in [6.45, 7) is 4.90. The maximum Gasteiger partial charge on any atom is 0.110 e. The summed E-state index contributed by atoms with van der Waals surface area (Å²) < 4.78 is 3.98. The lowest BCUT2D eigenvalue weighted by atomic mass is 10.1. The zero-order valence-corrected chi connectivity index (χ0v) is 11.1. The summed E-state index contributed by atoms with van der Waals surface area (Å²) >= 11 is 0. The molecule has 0 aromatic carbocycles. The molecule has 0 aliphatic heterocycles. The van der Waals surface area contributed by atoms with Crippen LogP contribution in [0.3, 0.4) is 0 Å². The van der Waals surface area contributed by atoms with Gasteiger partial charge in [0.25, 0.3) is 0 Å². The summed E-state index contributed by atoms with van der Waals surface area (Å²) in [5, 5.41) is 4.44. The second-order valence-electron chi connectivity index (χ2n) is 4.40. The van der Waals surface area contributed by atoms with E-state index >= 15 is 0 Å². The van der Waals surface area contributed by atoms with Gasteiger partial charge in [-0.15, -0.1) is 0 Å². The molecule has 0 aliphatic rings. The van der Waals surface area contributed by atoms with E-state index in [0.29, 0.717) is 0 Å². The van der Waals surface area contributed by atoms with Crippen molar-refractivity contribution in [2.45, 2.75) is 32.9 Å². The molecule has 3 N–H and O–H groups in total. The van der Waals surface area contributed by atoms with Gasteiger partial charge in [0, 0.05) is 32.4 Å². The van der Waals surface area contributed by atoms with E-state index in [1.54, 1.807) is 6.20 Å².